The molecule has 0 saturated heterocycles. The van der Waals surface area contributed by atoms with Crippen LogP contribution in [0.1, 0.15) is 45.9 Å². The van der Waals surface area contributed by atoms with Gasteiger partial charge >= 0.3 is 0 Å². The number of aromatic nitrogens is 2. The molecule has 0 spiro atoms. The molecule has 0 fully saturated rings. The van der Waals surface area contributed by atoms with Gasteiger partial charge in [-0.2, -0.15) is 5.10 Å². The van der Waals surface area contributed by atoms with Crippen LogP contribution in [-0.4, -0.2) is 38.4 Å². The van der Waals surface area contributed by atoms with Crippen molar-refractivity contribution in [1.29, 1.82) is 0 Å². The van der Waals surface area contributed by atoms with E-state index in [-0.39, 0.29) is 5.54 Å². The Morgan fingerprint density at radius 1 is 1.44 bits per heavy atom. The molecule has 1 aromatic rings. The summed E-state index contributed by atoms with van der Waals surface area (Å²) in [5, 5.41) is 15.0. The average Bonchev–Trinajstić information content (AvgIpc) is 2.69. The third kappa shape index (κ3) is 2.63. The first kappa shape index (κ1) is 15.7. The number of aliphatic hydroxyl groups excluding tert-OH is 1. The van der Waals surface area contributed by atoms with Crippen molar-refractivity contribution in [2.75, 3.05) is 13.1 Å². The van der Waals surface area contributed by atoms with Crippen LogP contribution in [0.5, 0.6) is 0 Å². The van der Waals surface area contributed by atoms with Gasteiger partial charge in [-0.25, -0.2) is 0 Å². The van der Waals surface area contributed by atoms with Crippen molar-refractivity contribution in [3.63, 3.8) is 0 Å². The fourth-order valence-corrected chi connectivity index (χ4v) is 3.12. The second kappa shape index (κ2) is 6.17. The largest absolute Gasteiger partial charge is 0.385 e. The van der Waals surface area contributed by atoms with Crippen molar-refractivity contribution in [2.24, 2.45) is 7.05 Å². The van der Waals surface area contributed by atoms with Gasteiger partial charge in [-0.1, -0.05) is 20.8 Å². The predicted octanol–water partition coefficient (Wildman–Crippen LogP) is 2.73. The Morgan fingerprint density at radius 3 is 2.33 bits per heavy atom. The van der Waals surface area contributed by atoms with Crippen molar-refractivity contribution < 1.29 is 5.11 Å². The van der Waals surface area contributed by atoms with Crippen LogP contribution in [0, 0.1) is 0 Å². The van der Waals surface area contributed by atoms with E-state index in [1.807, 2.05) is 7.05 Å². The lowest BCUT2D eigenvalue weighted by Gasteiger charge is -2.43. The van der Waals surface area contributed by atoms with Gasteiger partial charge in [-0.3, -0.25) is 9.58 Å². The standard InChI is InChI=1S/C13H24BrN3O/c1-6-13(4,17(7-2)8-3)12(18)11-10(14)9-15-16(11)5/h9,12,18H,6-8H2,1-5H3. The minimum Gasteiger partial charge on any atom is -0.385 e. The summed E-state index contributed by atoms with van der Waals surface area (Å²) in [5.41, 5.74) is 0.561. The molecule has 0 radical (unpaired) electrons. The highest BCUT2D eigenvalue weighted by atomic mass is 79.9. The summed E-state index contributed by atoms with van der Waals surface area (Å²) in [5.74, 6) is 0. The van der Waals surface area contributed by atoms with Crippen molar-refractivity contribution in [3.05, 3.63) is 16.4 Å². The summed E-state index contributed by atoms with van der Waals surface area (Å²) in [4.78, 5) is 2.30. The zero-order chi connectivity index (χ0) is 13.9. The summed E-state index contributed by atoms with van der Waals surface area (Å²) >= 11 is 3.47. The van der Waals surface area contributed by atoms with E-state index in [4.69, 9.17) is 0 Å². The van der Waals surface area contributed by atoms with Crippen molar-refractivity contribution in [2.45, 2.75) is 45.8 Å². The van der Waals surface area contributed by atoms with Crippen molar-refractivity contribution >= 4 is 15.9 Å². The van der Waals surface area contributed by atoms with Gasteiger partial charge in [-0.05, 0) is 42.4 Å². The van der Waals surface area contributed by atoms with E-state index in [0.717, 1.165) is 29.7 Å². The third-order valence-electron chi connectivity index (χ3n) is 3.99. The zero-order valence-electron chi connectivity index (χ0n) is 11.9. The number of hydrogen-bond donors (Lipinski definition) is 1. The molecule has 1 N–H and O–H groups in total. The van der Waals surface area contributed by atoms with Crippen molar-refractivity contribution in [1.82, 2.24) is 14.7 Å². The highest BCUT2D eigenvalue weighted by Crippen LogP contribution is 2.36. The number of aliphatic hydroxyl groups is 1. The molecule has 2 atom stereocenters. The molecule has 18 heavy (non-hydrogen) atoms. The lowest BCUT2D eigenvalue weighted by atomic mass is 9.87. The second-order valence-electron chi connectivity index (χ2n) is 4.79. The Bertz CT molecular complexity index is 370. The Labute approximate surface area is 118 Å². The van der Waals surface area contributed by atoms with Gasteiger partial charge in [0.1, 0.15) is 6.10 Å². The van der Waals surface area contributed by atoms with Gasteiger partial charge < -0.3 is 5.11 Å². The summed E-state index contributed by atoms with van der Waals surface area (Å²) < 4.78 is 2.61. The lowest BCUT2D eigenvalue weighted by Crippen LogP contribution is -2.50. The molecule has 1 aromatic heterocycles. The van der Waals surface area contributed by atoms with E-state index < -0.39 is 6.10 Å². The molecule has 1 rings (SSSR count). The number of rotatable bonds is 6. The molecule has 0 saturated carbocycles. The maximum atomic E-state index is 10.8. The van der Waals surface area contributed by atoms with Crippen LogP contribution in [0.4, 0.5) is 0 Å². The molecule has 0 aromatic carbocycles. The molecule has 1 heterocycles. The van der Waals surface area contributed by atoms with Gasteiger partial charge in [0.15, 0.2) is 0 Å². The lowest BCUT2D eigenvalue weighted by molar-refractivity contribution is -0.0258. The fourth-order valence-electron chi connectivity index (χ4n) is 2.56. The first-order valence-corrected chi connectivity index (χ1v) is 7.32. The highest BCUT2D eigenvalue weighted by molar-refractivity contribution is 9.10. The molecular weight excluding hydrogens is 294 g/mol. The predicted molar refractivity (Wildman–Crippen MR) is 77.5 cm³/mol. The van der Waals surface area contributed by atoms with Crippen LogP contribution in [-0.2, 0) is 7.05 Å². The summed E-state index contributed by atoms with van der Waals surface area (Å²) in [6.07, 6.45) is 2.05. The molecule has 5 heteroatoms. The van der Waals surface area contributed by atoms with E-state index in [1.165, 1.54) is 0 Å². The average molecular weight is 318 g/mol. The molecule has 0 bridgehead atoms. The van der Waals surface area contributed by atoms with E-state index in [0.29, 0.717) is 0 Å². The molecule has 4 nitrogen and oxygen atoms in total. The van der Waals surface area contributed by atoms with E-state index >= 15 is 0 Å². The summed E-state index contributed by atoms with van der Waals surface area (Å²) in [6.45, 7) is 10.3. The molecular formula is C13H24BrN3O. The molecule has 0 amide bonds. The van der Waals surface area contributed by atoms with Gasteiger partial charge in [0, 0.05) is 12.6 Å². The van der Waals surface area contributed by atoms with Gasteiger partial charge in [0.05, 0.1) is 16.4 Å². The monoisotopic (exact) mass is 317 g/mol. The normalized spacial score (nSPS) is 16.9. The van der Waals surface area contributed by atoms with Gasteiger partial charge in [-0.15, -0.1) is 0 Å². The van der Waals surface area contributed by atoms with Crippen LogP contribution in [0.2, 0.25) is 0 Å². The molecule has 0 aliphatic heterocycles. The third-order valence-corrected chi connectivity index (χ3v) is 4.60. The Hall–Kier alpha value is -0.390. The maximum Gasteiger partial charge on any atom is 0.115 e. The number of nitrogens with zero attached hydrogens (tertiary/aromatic N) is 3. The Balaban J connectivity index is 3.16. The molecule has 0 aliphatic rings. The Morgan fingerprint density at radius 2 is 2.00 bits per heavy atom. The minimum atomic E-state index is -0.565. The van der Waals surface area contributed by atoms with Crippen LogP contribution in [0.3, 0.4) is 0 Å². The second-order valence-corrected chi connectivity index (χ2v) is 5.64. The topological polar surface area (TPSA) is 41.3 Å². The number of aryl methyl sites for hydroxylation is 1. The fraction of sp³-hybridized carbons (Fsp3) is 0.769. The van der Waals surface area contributed by atoms with Crippen LogP contribution in [0.25, 0.3) is 0 Å². The molecule has 2 unspecified atom stereocenters. The molecule has 104 valence electrons. The van der Waals surface area contributed by atoms with Gasteiger partial charge in [0.25, 0.3) is 0 Å². The number of halogens is 1. The van der Waals surface area contributed by atoms with E-state index in [1.54, 1.807) is 10.9 Å². The maximum absolute atomic E-state index is 10.8. The molecule has 0 aliphatic carbocycles. The van der Waals surface area contributed by atoms with Gasteiger partial charge in [0.2, 0.25) is 0 Å². The number of hydrogen-bond acceptors (Lipinski definition) is 3. The van der Waals surface area contributed by atoms with E-state index in [9.17, 15) is 5.11 Å². The van der Waals surface area contributed by atoms with E-state index in [2.05, 4.69) is 53.6 Å². The summed E-state index contributed by atoms with van der Waals surface area (Å²) in [6, 6.07) is 0. The highest BCUT2D eigenvalue weighted by Gasteiger charge is 2.39. The van der Waals surface area contributed by atoms with Crippen LogP contribution >= 0.6 is 15.9 Å². The smallest absolute Gasteiger partial charge is 0.115 e. The SMILES string of the molecule is CCN(CC)C(C)(CC)C(O)c1c(Br)cnn1C. The minimum absolute atomic E-state index is 0.278. The first-order chi connectivity index (χ1) is 8.42. The summed E-state index contributed by atoms with van der Waals surface area (Å²) in [7, 11) is 1.86. The van der Waals surface area contributed by atoms with Crippen LogP contribution < -0.4 is 0 Å². The quantitative estimate of drug-likeness (QED) is 0.877. The van der Waals surface area contributed by atoms with Crippen LogP contribution in [0.15, 0.2) is 10.7 Å². The number of likely N-dealkylation sites (N-methyl/N-ethyl adjacent to an activating group) is 1. The Kier molecular flexibility index (Phi) is 5.37. The van der Waals surface area contributed by atoms with Crippen molar-refractivity contribution in [3.8, 4) is 0 Å². The first-order valence-electron chi connectivity index (χ1n) is 6.52. The zero-order valence-corrected chi connectivity index (χ0v) is 13.5.